The van der Waals surface area contributed by atoms with Crippen molar-refractivity contribution >= 4 is 64.5 Å². The van der Waals surface area contributed by atoms with Gasteiger partial charge in [-0.15, -0.1) is 0 Å². The van der Waals surface area contributed by atoms with Crippen LogP contribution in [-0.2, 0) is 39.9 Å². The summed E-state index contributed by atoms with van der Waals surface area (Å²) in [5, 5.41) is 140. The van der Waals surface area contributed by atoms with Gasteiger partial charge in [0.2, 0.25) is 47.5 Å². The molecular formula is C68H77Cl2N8O20-. The zero-order chi connectivity index (χ0) is 70.5. The molecule has 18 unspecified atom stereocenters. The van der Waals surface area contributed by atoms with Crippen molar-refractivity contribution < 1.29 is 98.8 Å². The van der Waals surface area contributed by atoms with Crippen LogP contribution in [0.15, 0.2) is 78.9 Å². The van der Waals surface area contributed by atoms with E-state index in [4.69, 9.17) is 53.3 Å². The third-order valence-electron chi connectivity index (χ3n) is 19.2. The number of hydrogen-bond acceptors (Lipinski definition) is 22. The number of halogens is 2. The number of nitrogens with one attached hydrogen (secondary N) is 7. The molecule has 18 N–H and O–H groups in total. The van der Waals surface area contributed by atoms with E-state index < -0.39 is 174 Å². The van der Waals surface area contributed by atoms with Crippen molar-refractivity contribution in [3.8, 4) is 57.1 Å². The Balaban J connectivity index is 1.11. The van der Waals surface area contributed by atoms with Gasteiger partial charge in [-0.05, 0) is 156 Å². The third kappa shape index (κ3) is 14.9. The van der Waals surface area contributed by atoms with Crippen LogP contribution in [0.5, 0.6) is 46.0 Å². The second-order valence-electron chi connectivity index (χ2n) is 26.6. The van der Waals surface area contributed by atoms with Crippen LogP contribution in [0, 0.1) is 40.9 Å². The fourth-order valence-electron chi connectivity index (χ4n) is 14.3. The van der Waals surface area contributed by atoms with E-state index in [0.29, 0.717) is 23.8 Å². The lowest BCUT2D eigenvalue weighted by Crippen LogP contribution is -2.60. The van der Waals surface area contributed by atoms with Gasteiger partial charge in [0, 0.05) is 42.0 Å². The first-order valence-electron chi connectivity index (χ1n) is 32.2. The molecule has 5 heterocycles. The first kappa shape index (κ1) is 70.8. The zero-order valence-corrected chi connectivity index (χ0v) is 54.7. The number of aliphatic hydroxyl groups excluding tert-OH is 6. The zero-order valence-electron chi connectivity index (χ0n) is 53.2. The van der Waals surface area contributed by atoms with Crippen LogP contribution in [0.4, 0.5) is 0 Å². The molecular weight excluding hydrogens is 1320 g/mol. The highest BCUT2D eigenvalue weighted by atomic mass is 35.5. The van der Waals surface area contributed by atoms with Crippen molar-refractivity contribution in [2.75, 3.05) is 6.61 Å². The van der Waals surface area contributed by atoms with Gasteiger partial charge in [0.1, 0.15) is 89.7 Å². The Kier molecular flexibility index (Phi) is 21.0. The van der Waals surface area contributed by atoms with Crippen LogP contribution < -0.4 is 57.0 Å². The average molecular weight is 1400 g/mol. The summed E-state index contributed by atoms with van der Waals surface area (Å²) in [6.45, 7) is 4.35. The van der Waals surface area contributed by atoms with E-state index >= 15 is 14.4 Å². The Bertz CT molecular complexity index is 3930. The van der Waals surface area contributed by atoms with Crippen molar-refractivity contribution in [2.45, 2.75) is 151 Å². The molecule has 13 bridgehead atoms. The van der Waals surface area contributed by atoms with Crippen LogP contribution in [0.3, 0.4) is 0 Å². The number of hydrogen-bond donors (Lipinski definition) is 17. The maximum absolute atomic E-state index is 15.7. The minimum absolute atomic E-state index is 0.0204. The van der Waals surface area contributed by atoms with Crippen LogP contribution in [-0.4, -0.2) is 149 Å². The predicted octanol–water partition coefficient (Wildman–Crippen LogP) is 2.91. The number of rotatable bonds is 12. The van der Waals surface area contributed by atoms with Crippen molar-refractivity contribution in [1.82, 2.24) is 31.9 Å². The van der Waals surface area contributed by atoms with E-state index in [-0.39, 0.29) is 86.0 Å². The van der Waals surface area contributed by atoms with Gasteiger partial charge in [0.15, 0.2) is 11.5 Å². The standard InChI is InChI=1S/C68H78Cl2N8O20/c1-26(2)4-11-50(84)74-56-57(85)31-7-10-45(40(70)19-31)96-47-21-34-20-46(61(47)98-68-60(88)59(87)58(86)48(25-79)97-68)95-44-9-5-28(16-39(44)69)12-27(3)63(90)78-55(66(93)75-52-33-14-29-13-32(17-33)36(52)15-29)38-22-35(80)23-43(82)51(38)37-18-30(6-8-42(37)81)53(62(72)89)76-65(92)54(34)77-64(91)41(24-49(71)83)73-67(56)94/h5-10,16,18-23,26-27,29,32-33,36,41,48-49,52-60,68,79-83,85-88H,4,11-15,17,24-25,71H2,1-3H3,(H2,72,89)(H,73,94)(H,74,84)(H,75,93)(H,76,92)(H,77,91)(H,78,90)/p-1. The Labute approximate surface area is 571 Å². The molecule has 28 nitrogen and oxygen atoms in total. The number of benzene rings is 5. The summed E-state index contributed by atoms with van der Waals surface area (Å²) in [4.78, 5) is 88.9. The first-order chi connectivity index (χ1) is 46.5. The van der Waals surface area contributed by atoms with Gasteiger partial charge in [-0.1, -0.05) is 62.2 Å². The van der Waals surface area contributed by atoms with Gasteiger partial charge in [-0.25, -0.2) is 0 Å². The minimum atomic E-state index is -2.22. The van der Waals surface area contributed by atoms with Crippen LogP contribution in [0.25, 0.3) is 11.1 Å². The molecule has 4 aliphatic carbocycles. The SMILES string of the molecule is CC(C)CCC(=O)NC1C(=O)NC(CC(N)O)C(=O)NC2C(=O)NC(C(=N)[O-])c3ccc(O)c(c3)-c3c(O)cc(O)cc3C(C(=O)NC3C4CC5CC(C4)C3C5)NC(=O)C(C)Cc3ccc(c(Cl)c3)Oc3cc2cc(c3OC2OC(CO)C(O)C(O)C2O)Oc2ccc(cc2Cl)C1O. The normalized spacial score (nSPS) is 29.5. The van der Waals surface area contributed by atoms with Gasteiger partial charge in [-0.3, -0.25) is 28.8 Å². The lowest BCUT2D eigenvalue weighted by atomic mass is 9.79. The molecule has 14 rings (SSSR count). The molecule has 98 heavy (non-hydrogen) atoms. The molecule has 5 aromatic rings. The maximum Gasteiger partial charge on any atom is 0.248 e. The van der Waals surface area contributed by atoms with Crippen molar-refractivity contribution in [1.29, 1.82) is 5.41 Å². The van der Waals surface area contributed by atoms with Crippen molar-refractivity contribution in [3.05, 3.63) is 117 Å². The molecule has 5 aliphatic heterocycles. The minimum Gasteiger partial charge on any atom is -0.861 e. The summed E-state index contributed by atoms with van der Waals surface area (Å²) in [6.07, 6.45) is -10.4. The summed E-state index contributed by atoms with van der Waals surface area (Å²) >= 11 is 14.0. The Morgan fingerprint density at radius 2 is 1.41 bits per heavy atom. The highest BCUT2D eigenvalue weighted by Gasteiger charge is 2.55. The summed E-state index contributed by atoms with van der Waals surface area (Å²) in [7, 11) is 0. The molecule has 18 atom stereocenters. The number of nitrogens with two attached hydrogens (primary N) is 1. The number of aromatic hydroxyl groups is 3. The summed E-state index contributed by atoms with van der Waals surface area (Å²) in [6, 6.07) is 5.21. The number of fused-ring (bicyclic) bond motifs is 16. The van der Waals surface area contributed by atoms with E-state index in [1.807, 2.05) is 13.8 Å². The van der Waals surface area contributed by atoms with Gasteiger partial charge in [0.05, 0.1) is 22.7 Å². The first-order valence-corrected chi connectivity index (χ1v) is 33.0. The fourth-order valence-corrected chi connectivity index (χ4v) is 14.8. The Morgan fingerprint density at radius 3 is 2.06 bits per heavy atom. The van der Waals surface area contributed by atoms with E-state index in [1.54, 1.807) is 6.92 Å². The molecule has 4 saturated carbocycles. The van der Waals surface area contributed by atoms with E-state index in [9.17, 15) is 65.4 Å². The van der Waals surface area contributed by atoms with Gasteiger partial charge < -0.3 is 113 Å². The maximum atomic E-state index is 15.7. The summed E-state index contributed by atoms with van der Waals surface area (Å²) < 4.78 is 25.2. The van der Waals surface area contributed by atoms with Crippen LogP contribution >= 0.6 is 23.2 Å². The predicted molar refractivity (Wildman–Crippen MR) is 346 cm³/mol. The number of carbonyl (C=O) groups is 6. The van der Waals surface area contributed by atoms with Gasteiger partial charge in [0.25, 0.3) is 0 Å². The lowest BCUT2D eigenvalue weighted by Gasteiger charge is -2.39. The highest BCUT2D eigenvalue weighted by Crippen LogP contribution is 2.58. The molecule has 1 saturated heterocycles. The monoisotopic (exact) mass is 1400 g/mol. The van der Waals surface area contributed by atoms with Gasteiger partial charge >= 0.3 is 0 Å². The van der Waals surface area contributed by atoms with Crippen LogP contribution in [0.1, 0.15) is 118 Å². The molecule has 6 amide bonds. The highest BCUT2D eigenvalue weighted by molar-refractivity contribution is 6.32. The van der Waals surface area contributed by atoms with Gasteiger partial charge in [-0.2, -0.15) is 0 Å². The quantitative estimate of drug-likeness (QED) is 0.0485. The molecule has 0 radical (unpaired) electrons. The number of carbonyl (C=O) groups excluding carboxylic acids is 6. The number of ether oxygens (including phenoxy) is 4. The summed E-state index contributed by atoms with van der Waals surface area (Å²) in [5.41, 5.74) is 4.63. The second kappa shape index (κ2) is 29.1. The van der Waals surface area contributed by atoms with E-state index in [1.165, 1.54) is 36.4 Å². The number of phenolic OH excluding ortho intramolecular Hbond substituents is 3. The Hall–Kier alpha value is -8.55. The number of amides is 6. The Morgan fingerprint density at radius 1 is 0.735 bits per heavy atom. The number of phenols is 3. The summed E-state index contributed by atoms with van der Waals surface area (Å²) in [5.74, 6) is -11.4. The molecule has 524 valence electrons. The van der Waals surface area contributed by atoms with Crippen LogP contribution in [0.2, 0.25) is 10.0 Å². The molecule has 30 heteroatoms. The van der Waals surface area contributed by atoms with Crippen molar-refractivity contribution in [2.24, 2.45) is 41.2 Å². The van der Waals surface area contributed by atoms with E-state index in [2.05, 4.69) is 31.9 Å². The molecule has 5 aromatic carbocycles. The topological polar surface area (TPSA) is 467 Å². The van der Waals surface area contributed by atoms with E-state index in [0.717, 1.165) is 68.1 Å². The molecule has 0 spiro atoms. The molecule has 9 aliphatic rings. The third-order valence-corrected chi connectivity index (χ3v) is 19.8. The molecule has 0 aromatic heterocycles. The smallest absolute Gasteiger partial charge is 0.248 e. The second-order valence-corrected chi connectivity index (χ2v) is 27.4. The largest absolute Gasteiger partial charge is 0.861 e. The molecule has 5 fully saturated rings. The van der Waals surface area contributed by atoms with Crippen molar-refractivity contribution in [3.63, 3.8) is 0 Å². The number of aliphatic hydroxyl groups is 6. The fraction of sp³-hybridized carbons (Fsp3) is 0.456. The average Bonchev–Trinajstić information content (AvgIpc) is 1.47. The lowest BCUT2D eigenvalue weighted by molar-refractivity contribution is -0.277.